The van der Waals surface area contributed by atoms with Gasteiger partial charge in [0.1, 0.15) is 0 Å². The zero-order valence-corrected chi connectivity index (χ0v) is 7.56. The standard InChI is InChI=1S/C9H18N2/c1-3-11-6-8(2,7-11)9(10)4-5-9/h3-7,10H2,1-2H3. The maximum Gasteiger partial charge on any atom is 0.0234 e. The molecule has 1 heterocycles. The van der Waals surface area contributed by atoms with E-state index < -0.39 is 0 Å². The van der Waals surface area contributed by atoms with Crippen molar-refractivity contribution in [3.05, 3.63) is 0 Å². The van der Waals surface area contributed by atoms with E-state index in [1.54, 1.807) is 0 Å². The first-order valence-electron chi connectivity index (χ1n) is 4.61. The molecule has 64 valence electrons. The maximum atomic E-state index is 6.18. The van der Waals surface area contributed by atoms with Crippen LogP contribution in [0.2, 0.25) is 0 Å². The maximum absolute atomic E-state index is 6.18. The van der Waals surface area contributed by atoms with Gasteiger partial charge in [-0.1, -0.05) is 13.8 Å². The molecule has 0 spiro atoms. The fourth-order valence-corrected chi connectivity index (χ4v) is 2.22. The molecule has 2 nitrogen and oxygen atoms in total. The molecular weight excluding hydrogens is 136 g/mol. The first-order valence-corrected chi connectivity index (χ1v) is 4.61. The number of likely N-dealkylation sites (tertiary alicyclic amines) is 1. The van der Waals surface area contributed by atoms with E-state index in [2.05, 4.69) is 18.7 Å². The number of nitrogens with two attached hydrogens (primary N) is 1. The highest BCUT2D eigenvalue weighted by Gasteiger charge is 2.58. The molecule has 2 heteroatoms. The Labute approximate surface area is 68.7 Å². The molecule has 0 amide bonds. The van der Waals surface area contributed by atoms with Gasteiger partial charge < -0.3 is 10.6 Å². The van der Waals surface area contributed by atoms with E-state index in [1.807, 2.05) is 0 Å². The van der Waals surface area contributed by atoms with Gasteiger partial charge in [0.15, 0.2) is 0 Å². The zero-order valence-electron chi connectivity index (χ0n) is 7.56. The minimum Gasteiger partial charge on any atom is -0.325 e. The lowest BCUT2D eigenvalue weighted by molar-refractivity contribution is -0.00917. The molecule has 2 fully saturated rings. The number of hydrogen-bond donors (Lipinski definition) is 1. The van der Waals surface area contributed by atoms with Crippen LogP contribution in [0, 0.1) is 5.41 Å². The van der Waals surface area contributed by atoms with Gasteiger partial charge in [-0.15, -0.1) is 0 Å². The molecule has 0 aromatic carbocycles. The van der Waals surface area contributed by atoms with Crippen LogP contribution in [0.5, 0.6) is 0 Å². The summed E-state index contributed by atoms with van der Waals surface area (Å²) in [5.74, 6) is 0. The molecule has 0 unspecified atom stereocenters. The molecule has 0 bridgehead atoms. The minimum absolute atomic E-state index is 0.221. The van der Waals surface area contributed by atoms with E-state index in [-0.39, 0.29) is 5.54 Å². The summed E-state index contributed by atoms with van der Waals surface area (Å²) in [6, 6.07) is 0. The van der Waals surface area contributed by atoms with Crippen molar-refractivity contribution in [3.8, 4) is 0 Å². The molecule has 0 aromatic heterocycles. The molecule has 0 atom stereocenters. The van der Waals surface area contributed by atoms with Crippen LogP contribution >= 0.6 is 0 Å². The number of rotatable bonds is 2. The molecule has 1 saturated carbocycles. The van der Waals surface area contributed by atoms with Gasteiger partial charge in [-0.25, -0.2) is 0 Å². The van der Waals surface area contributed by atoms with Crippen LogP contribution in [0.4, 0.5) is 0 Å². The third-order valence-electron chi connectivity index (χ3n) is 3.58. The van der Waals surface area contributed by atoms with Crippen molar-refractivity contribution in [2.45, 2.75) is 32.2 Å². The smallest absolute Gasteiger partial charge is 0.0234 e. The lowest BCUT2D eigenvalue weighted by Crippen LogP contribution is -2.63. The van der Waals surface area contributed by atoms with Crippen molar-refractivity contribution in [2.24, 2.45) is 11.1 Å². The highest BCUT2D eigenvalue weighted by molar-refractivity contribution is 5.16. The lowest BCUT2D eigenvalue weighted by Gasteiger charge is -2.51. The SMILES string of the molecule is CCN1CC(C)(C2(N)CC2)C1. The second kappa shape index (κ2) is 1.99. The topological polar surface area (TPSA) is 29.3 Å². The average molecular weight is 154 g/mol. The predicted octanol–water partition coefficient (Wildman–Crippen LogP) is 0.819. The Morgan fingerprint density at radius 1 is 1.36 bits per heavy atom. The molecule has 2 aliphatic rings. The van der Waals surface area contributed by atoms with Gasteiger partial charge in [-0.2, -0.15) is 0 Å². The summed E-state index contributed by atoms with van der Waals surface area (Å²) < 4.78 is 0. The van der Waals surface area contributed by atoms with Crippen LogP contribution in [0.1, 0.15) is 26.7 Å². The molecule has 1 saturated heterocycles. The highest BCUT2D eigenvalue weighted by Crippen LogP contribution is 2.52. The monoisotopic (exact) mass is 154 g/mol. The summed E-state index contributed by atoms with van der Waals surface area (Å²) in [6.07, 6.45) is 2.50. The van der Waals surface area contributed by atoms with Gasteiger partial charge in [0.05, 0.1) is 0 Å². The lowest BCUT2D eigenvalue weighted by atomic mass is 9.73. The second-order valence-electron chi connectivity index (χ2n) is 4.52. The average Bonchev–Trinajstić information content (AvgIpc) is 2.62. The third kappa shape index (κ3) is 0.926. The molecular formula is C9H18N2. The normalized spacial score (nSPS) is 33.0. The molecule has 2 rings (SSSR count). The van der Waals surface area contributed by atoms with Crippen LogP contribution in [-0.4, -0.2) is 30.1 Å². The fourth-order valence-electron chi connectivity index (χ4n) is 2.22. The van der Waals surface area contributed by atoms with E-state index in [9.17, 15) is 0 Å². The van der Waals surface area contributed by atoms with Gasteiger partial charge >= 0.3 is 0 Å². The van der Waals surface area contributed by atoms with E-state index >= 15 is 0 Å². The quantitative estimate of drug-likeness (QED) is 0.638. The molecule has 1 aliphatic heterocycles. The van der Waals surface area contributed by atoms with Crippen molar-refractivity contribution >= 4 is 0 Å². The van der Waals surface area contributed by atoms with Gasteiger partial charge in [-0.05, 0) is 19.4 Å². The van der Waals surface area contributed by atoms with Gasteiger partial charge in [0.25, 0.3) is 0 Å². The van der Waals surface area contributed by atoms with Crippen molar-refractivity contribution in [2.75, 3.05) is 19.6 Å². The predicted molar refractivity (Wildman–Crippen MR) is 46.4 cm³/mol. The highest BCUT2D eigenvalue weighted by atomic mass is 15.2. The van der Waals surface area contributed by atoms with E-state index in [0.717, 1.165) is 0 Å². The third-order valence-corrected chi connectivity index (χ3v) is 3.58. The molecule has 11 heavy (non-hydrogen) atoms. The molecule has 0 radical (unpaired) electrons. The fraction of sp³-hybridized carbons (Fsp3) is 1.00. The second-order valence-corrected chi connectivity index (χ2v) is 4.52. The van der Waals surface area contributed by atoms with Crippen LogP contribution < -0.4 is 5.73 Å². The summed E-state index contributed by atoms with van der Waals surface area (Å²) >= 11 is 0. The Balaban J connectivity index is 1.95. The molecule has 2 N–H and O–H groups in total. The zero-order chi connectivity index (χ0) is 8.11. The Bertz CT molecular complexity index is 166. The summed E-state index contributed by atoms with van der Waals surface area (Å²) in [5, 5.41) is 0. The van der Waals surface area contributed by atoms with Crippen LogP contribution in [0.25, 0.3) is 0 Å². The van der Waals surface area contributed by atoms with Gasteiger partial charge in [-0.3, -0.25) is 0 Å². The van der Waals surface area contributed by atoms with E-state index in [0.29, 0.717) is 5.41 Å². The van der Waals surface area contributed by atoms with E-state index in [1.165, 1.54) is 32.5 Å². The van der Waals surface area contributed by atoms with Crippen LogP contribution in [0.3, 0.4) is 0 Å². The first-order chi connectivity index (χ1) is 5.10. The van der Waals surface area contributed by atoms with Gasteiger partial charge in [0, 0.05) is 24.0 Å². The Morgan fingerprint density at radius 3 is 2.27 bits per heavy atom. The number of nitrogens with zero attached hydrogens (tertiary/aromatic N) is 1. The summed E-state index contributed by atoms with van der Waals surface area (Å²) in [5.41, 5.74) is 6.84. The summed E-state index contributed by atoms with van der Waals surface area (Å²) in [4.78, 5) is 2.47. The van der Waals surface area contributed by atoms with Gasteiger partial charge in [0.2, 0.25) is 0 Å². The minimum atomic E-state index is 0.221. The molecule has 1 aliphatic carbocycles. The van der Waals surface area contributed by atoms with E-state index in [4.69, 9.17) is 5.73 Å². The van der Waals surface area contributed by atoms with Crippen LogP contribution in [0.15, 0.2) is 0 Å². The van der Waals surface area contributed by atoms with Crippen molar-refractivity contribution in [3.63, 3.8) is 0 Å². The Morgan fingerprint density at radius 2 is 1.91 bits per heavy atom. The first kappa shape index (κ1) is 7.56. The Hall–Kier alpha value is -0.0800. The number of hydrogen-bond acceptors (Lipinski definition) is 2. The van der Waals surface area contributed by atoms with Crippen LogP contribution in [-0.2, 0) is 0 Å². The van der Waals surface area contributed by atoms with Crippen molar-refractivity contribution in [1.82, 2.24) is 4.90 Å². The Kier molecular flexibility index (Phi) is 1.37. The molecule has 0 aromatic rings. The summed E-state index contributed by atoms with van der Waals surface area (Å²) in [7, 11) is 0. The van der Waals surface area contributed by atoms with Crippen molar-refractivity contribution < 1.29 is 0 Å². The summed E-state index contributed by atoms with van der Waals surface area (Å²) in [6.45, 7) is 8.19. The largest absolute Gasteiger partial charge is 0.325 e. The van der Waals surface area contributed by atoms with Crippen molar-refractivity contribution in [1.29, 1.82) is 0 Å².